The average molecular weight is 582 g/mol. The van der Waals surface area contributed by atoms with Gasteiger partial charge in [-0.1, -0.05) is 19.6 Å². The Balaban J connectivity index is 1.46. The Morgan fingerprint density at radius 3 is 2.51 bits per heavy atom. The van der Waals surface area contributed by atoms with Crippen molar-refractivity contribution in [2.75, 3.05) is 20.3 Å². The number of esters is 1. The van der Waals surface area contributed by atoms with Gasteiger partial charge in [-0.3, -0.25) is 9.78 Å². The van der Waals surface area contributed by atoms with Crippen LogP contribution in [-0.4, -0.2) is 65.2 Å². The van der Waals surface area contributed by atoms with Crippen LogP contribution in [0, 0.1) is 12.3 Å². The van der Waals surface area contributed by atoms with Gasteiger partial charge in [0.2, 0.25) is 5.88 Å². The first-order valence-corrected chi connectivity index (χ1v) is 18.0. The average Bonchev–Trinajstić information content (AvgIpc) is 3.59. The summed E-state index contributed by atoms with van der Waals surface area (Å²) in [6, 6.07) is 7.32. The van der Waals surface area contributed by atoms with Crippen molar-refractivity contribution in [1.82, 2.24) is 24.7 Å². The van der Waals surface area contributed by atoms with E-state index in [1.807, 2.05) is 25.1 Å². The van der Waals surface area contributed by atoms with Gasteiger partial charge in [-0.25, -0.2) is 4.98 Å². The number of hydrogen-bond donors (Lipinski definition) is 0. The first-order valence-electron chi connectivity index (χ1n) is 14.3. The molecule has 10 nitrogen and oxygen atoms in total. The van der Waals surface area contributed by atoms with Crippen LogP contribution >= 0.6 is 0 Å². The first-order chi connectivity index (χ1) is 19.4. The summed E-state index contributed by atoms with van der Waals surface area (Å²) in [6.07, 6.45) is 8.10. The van der Waals surface area contributed by atoms with E-state index >= 15 is 0 Å². The maximum absolute atomic E-state index is 11.9. The van der Waals surface area contributed by atoms with Gasteiger partial charge in [0.25, 0.3) is 0 Å². The zero-order valence-electron chi connectivity index (χ0n) is 25.4. The molecular weight excluding hydrogens is 538 g/mol. The summed E-state index contributed by atoms with van der Waals surface area (Å²) in [4.78, 5) is 25.8. The van der Waals surface area contributed by atoms with Crippen LogP contribution in [0.4, 0.5) is 0 Å². The third-order valence-corrected chi connectivity index (χ3v) is 8.83. The molecule has 3 aromatic heterocycles. The van der Waals surface area contributed by atoms with Crippen LogP contribution in [0.5, 0.6) is 11.9 Å². The molecular formula is C30H43N5O5Si. The Kier molecular flexibility index (Phi) is 9.80. The number of methoxy groups -OCH3 is 1. The monoisotopic (exact) mass is 581 g/mol. The molecule has 0 radical (unpaired) electrons. The summed E-state index contributed by atoms with van der Waals surface area (Å²) < 4.78 is 24.6. The zero-order valence-corrected chi connectivity index (χ0v) is 26.4. The molecule has 1 aliphatic carbocycles. The van der Waals surface area contributed by atoms with Gasteiger partial charge in [-0.2, -0.15) is 9.67 Å². The summed E-state index contributed by atoms with van der Waals surface area (Å²) in [5.41, 5.74) is 2.63. The third-order valence-electron chi connectivity index (χ3n) is 7.12. The molecule has 1 fully saturated rings. The van der Waals surface area contributed by atoms with Crippen LogP contribution in [0.1, 0.15) is 45.1 Å². The molecule has 41 heavy (non-hydrogen) atoms. The second-order valence-electron chi connectivity index (χ2n) is 12.5. The fraction of sp³-hybridized carbons (Fsp3) is 0.567. The lowest BCUT2D eigenvalue weighted by molar-refractivity contribution is -0.152. The highest BCUT2D eigenvalue weighted by Crippen LogP contribution is 2.28. The smallest absolute Gasteiger partial charge is 0.317 e. The summed E-state index contributed by atoms with van der Waals surface area (Å²) in [5, 5.41) is 4.71. The largest absolute Gasteiger partial charge is 0.476 e. The summed E-state index contributed by atoms with van der Waals surface area (Å²) in [6.45, 7) is 13.7. The third kappa shape index (κ3) is 8.35. The van der Waals surface area contributed by atoms with Crippen LogP contribution in [0.25, 0.3) is 22.6 Å². The van der Waals surface area contributed by atoms with Gasteiger partial charge < -0.3 is 18.9 Å². The minimum Gasteiger partial charge on any atom is -0.476 e. The number of hydrogen-bond acceptors (Lipinski definition) is 9. The minimum atomic E-state index is -1.18. The standard InChI is InChI=1S/C30H43N5O5Si/c1-21-16-26(39-19-30(2,3)28(36)37-4)32-18-24(21)25-13-12-22(17-31-25)27-33-29(40-23-10-8-9-11-23)35(34-27)20-38-14-15-41(5,6)7/h12-13,16-18,23H,8-11,14-15,19-20H2,1-7H3. The number of ether oxygens (including phenoxy) is 4. The Bertz CT molecular complexity index is 1310. The predicted octanol–water partition coefficient (Wildman–Crippen LogP) is 5.92. The van der Waals surface area contributed by atoms with Crippen LogP contribution < -0.4 is 9.47 Å². The molecule has 0 atom stereocenters. The van der Waals surface area contributed by atoms with E-state index in [4.69, 9.17) is 29.0 Å². The van der Waals surface area contributed by atoms with Crippen LogP contribution in [-0.2, 0) is 21.0 Å². The summed E-state index contributed by atoms with van der Waals surface area (Å²) >= 11 is 0. The molecule has 0 aromatic carbocycles. The number of pyridine rings is 2. The highest BCUT2D eigenvalue weighted by atomic mass is 28.3. The van der Waals surface area contributed by atoms with E-state index < -0.39 is 13.5 Å². The van der Waals surface area contributed by atoms with Gasteiger partial charge in [0.1, 0.15) is 19.4 Å². The molecule has 0 unspecified atom stereocenters. The Morgan fingerprint density at radius 1 is 1.12 bits per heavy atom. The summed E-state index contributed by atoms with van der Waals surface area (Å²) in [7, 11) is 0.188. The normalized spacial score (nSPS) is 14.3. The van der Waals surface area contributed by atoms with Gasteiger partial charge >= 0.3 is 12.0 Å². The van der Waals surface area contributed by atoms with E-state index in [0.29, 0.717) is 31.1 Å². The second kappa shape index (κ2) is 13.1. The molecule has 0 bridgehead atoms. The molecule has 3 heterocycles. The molecule has 0 spiro atoms. The maximum atomic E-state index is 11.9. The maximum Gasteiger partial charge on any atom is 0.317 e. The fourth-order valence-corrected chi connectivity index (χ4v) is 5.22. The molecule has 4 rings (SSSR count). The lowest BCUT2D eigenvalue weighted by atomic mass is 9.95. The van der Waals surface area contributed by atoms with Gasteiger partial charge in [-0.05, 0) is 70.2 Å². The number of aryl methyl sites for hydroxylation is 1. The van der Waals surface area contributed by atoms with Gasteiger partial charge in [0, 0.05) is 44.3 Å². The molecule has 0 aliphatic heterocycles. The quantitative estimate of drug-likeness (QED) is 0.138. The number of carbonyl (C=O) groups is 1. The van der Waals surface area contributed by atoms with E-state index in [1.165, 1.54) is 20.0 Å². The molecule has 0 N–H and O–H groups in total. The highest BCUT2D eigenvalue weighted by molar-refractivity contribution is 6.76. The molecule has 3 aromatic rings. The van der Waals surface area contributed by atoms with Crippen molar-refractivity contribution in [2.24, 2.45) is 5.41 Å². The van der Waals surface area contributed by atoms with Crippen LogP contribution in [0.3, 0.4) is 0 Å². The van der Waals surface area contributed by atoms with Crippen LogP contribution in [0.15, 0.2) is 30.6 Å². The molecule has 0 saturated heterocycles. The van der Waals surface area contributed by atoms with Gasteiger partial charge in [0.05, 0.1) is 18.2 Å². The van der Waals surface area contributed by atoms with Crippen molar-refractivity contribution in [2.45, 2.75) is 85.0 Å². The fourth-order valence-electron chi connectivity index (χ4n) is 4.46. The SMILES string of the molecule is COC(=O)C(C)(C)COc1cc(C)c(-c2ccc(-c3nc(OC4CCCC4)n(COCC[Si](C)(C)C)n3)cn2)cn1. The van der Waals surface area contributed by atoms with Crippen molar-refractivity contribution in [3.63, 3.8) is 0 Å². The van der Waals surface area contributed by atoms with E-state index in [9.17, 15) is 4.79 Å². The van der Waals surface area contributed by atoms with Gasteiger partial charge in [0.15, 0.2) is 5.82 Å². The molecule has 222 valence electrons. The molecule has 0 amide bonds. The van der Waals surface area contributed by atoms with E-state index in [-0.39, 0.29) is 18.7 Å². The Labute approximate surface area is 243 Å². The minimum absolute atomic E-state index is 0.161. The number of aromatic nitrogens is 5. The highest BCUT2D eigenvalue weighted by Gasteiger charge is 2.30. The number of carbonyl (C=O) groups excluding carboxylic acids is 1. The topological polar surface area (TPSA) is 110 Å². The lowest BCUT2D eigenvalue weighted by Gasteiger charge is -2.21. The van der Waals surface area contributed by atoms with Crippen molar-refractivity contribution < 1.29 is 23.7 Å². The first kappa shape index (κ1) is 30.6. The Morgan fingerprint density at radius 2 is 1.88 bits per heavy atom. The van der Waals surface area contributed by atoms with E-state index in [0.717, 1.165) is 41.3 Å². The molecule has 1 aliphatic rings. The second-order valence-corrected chi connectivity index (χ2v) is 18.1. The lowest BCUT2D eigenvalue weighted by Crippen LogP contribution is -2.32. The molecule has 11 heteroatoms. The number of nitrogens with zero attached hydrogens (tertiary/aromatic N) is 5. The van der Waals surface area contributed by atoms with Crippen molar-refractivity contribution >= 4 is 14.0 Å². The zero-order chi connectivity index (χ0) is 29.6. The van der Waals surface area contributed by atoms with Crippen LogP contribution in [0.2, 0.25) is 25.7 Å². The van der Waals surface area contributed by atoms with E-state index in [2.05, 4.69) is 29.6 Å². The van der Waals surface area contributed by atoms with Crippen molar-refractivity contribution in [3.8, 4) is 34.5 Å². The predicted molar refractivity (Wildman–Crippen MR) is 160 cm³/mol. The number of rotatable bonds is 13. The molecule has 1 saturated carbocycles. The summed E-state index contributed by atoms with van der Waals surface area (Å²) in [5.74, 6) is 0.662. The van der Waals surface area contributed by atoms with Crippen molar-refractivity contribution in [1.29, 1.82) is 0 Å². The van der Waals surface area contributed by atoms with Gasteiger partial charge in [-0.15, -0.1) is 5.10 Å². The Hall–Kier alpha value is -3.31. The van der Waals surface area contributed by atoms with E-state index in [1.54, 1.807) is 30.9 Å². The van der Waals surface area contributed by atoms with Crippen molar-refractivity contribution in [3.05, 3.63) is 36.2 Å².